The number of carbonyl (C=O) groups excluding carboxylic acids is 1. The summed E-state index contributed by atoms with van der Waals surface area (Å²) in [5.74, 6) is 2.56. The largest absolute Gasteiger partial charge is 0.369 e. The summed E-state index contributed by atoms with van der Waals surface area (Å²) in [6.07, 6.45) is 6.15. The third-order valence-electron chi connectivity index (χ3n) is 5.31. The first-order valence-corrected chi connectivity index (χ1v) is 9.47. The number of nitrogens with two attached hydrogens (primary N) is 1. The molecule has 27 heavy (non-hydrogen) atoms. The van der Waals surface area contributed by atoms with Gasteiger partial charge in [0.05, 0.1) is 6.54 Å². The van der Waals surface area contributed by atoms with Crippen molar-refractivity contribution in [2.24, 2.45) is 5.73 Å². The summed E-state index contributed by atoms with van der Waals surface area (Å²) in [7, 11) is 2.02. The highest BCUT2D eigenvalue weighted by atomic mass is 16.1. The molecule has 1 amide bonds. The summed E-state index contributed by atoms with van der Waals surface area (Å²) in [4.78, 5) is 24.4. The fraction of sp³-hybridized carbons (Fsp3) is 0.556. The van der Waals surface area contributed by atoms with Crippen molar-refractivity contribution in [2.75, 3.05) is 36.9 Å². The van der Waals surface area contributed by atoms with Crippen LogP contribution in [0.5, 0.6) is 0 Å². The van der Waals surface area contributed by atoms with E-state index in [4.69, 9.17) is 5.73 Å². The van der Waals surface area contributed by atoms with Gasteiger partial charge in [-0.15, -0.1) is 0 Å². The Hall–Kier alpha value is -2.68. The van der Waals surface area contributed by atoms with Crippen LogP contribution in [0.3, 0.4) is 0 Å². The predicted molar refractivity (Wildman–Crippen MR) is 103 cm³/mol. The quantitative estimate of drug-likeness (QED) is 0.671. The molecule has 1 aliphatic carbocycles. The molecule has 0 unspecified atom stereocenters. The minimum Gasteiger partial charge on any atom is -0.369 e. The molecule has 3 heterocycles. The van der Waals surface area contributed by atoms with Crippen molar-refractivity contribution in [2.45, 2.75) is 37.6 Å². The van der Waals surface area contributed by atoms with Gasteiger partial charge in [-0.3, -0.25) is 14.8 Å². The molecule has 9 heteroatoms. The van der Waals surface area contributed by atoms with Crippen LogP contribution in [0, 0.1) is 0 Å². The van der Waals surface area contributed by atoms with Crippen LogP contribution in [0.15, 0.2) is 18.3 Å². The van der Waals surface area contributed by atoms with Crippen LogP contribution in [-0.4, -0.2) is 63.7 Å². The lowest BCUT2D eigenvalue weighted by atomic mass is 10.0. The Bertz CT molecular complexity index is 794. The van der Waals surface area contributed by atoms with Crippen molar-refractivity contribution in [1.29, 1.82) is 0 Å². The number of nitrogens with one attached hydrogen (secondary N) is 2. The van der Waals surface area contributed by atoms with Crippen molar-refractivity contribution in [3.63, 3.8) is 0 Å². The Morgan fingerprint density at radius 2 is 2.11 bits per heavy atom. The van der Waals surface area contributed by atoms with Gasteiger partial charge >= 0.3 is 0 Å². The molecule has 1 saturated carbocycles. The molecule has 2 fully saturated rings. The third kappa shape index (κ3) is 4.36. The van der Waals surface area contributed by atoms with Gasteiger partial charge in [-0.25, -0.2) is 4.98 Å². The Kier molecular flexibility index (Phi) is 4.93. The number of hydrogen-bond acceptors (Lipinski definition) is 7. The summed E-state index contributed by atoms with van der Waals surface area (Å²) in [5.41, 5.74) is 6.47. The summed E-state index contributed by atoms with van der Waals surface area (Å²) in [6, 6.07) is 4.24. The minimum atomic E-state index is -0.271. The summed E-state index contributed by atoms with van der Waals surface area (Å²) in [5, 5.41) is 10.7. The van der Waals surface area contributed by atoms with Gasteiger partial charge in [-0.1, -0.05) is 0 Å². The number of amides is 1. The average Bonchev–Trinajstić information content (AvgIpc) is 3.41. The Labute approximate surface area is 158 Å². The van der Waals surface area contributed by atoms with E-state index in [1.54, 1.807) is 6.20 Å². The molecule has 0 atom stereocenters. The van der Waals surface area contributed by atoms with Gasteiger partial charge in [0.15, 0.2) is 5.82 Å². The molecule has 144 valence electrons. The highest BCUT2D eigenvalue weighted by Gasteiger charge is 2.26. The number of nitrogens with zero attached hydrogens (tertiary/aromatic N) is 5. The van der Waals surface area contributed by atoms with Crippen molar-refractivity contribution < 1.29 is 4.79 Å². The second-order valence-electron chi connectivity index (χ2n) is 7.43. The first-order chi connectivity index (χ1) is 13.1. The van der Waals surface area contributed by atoms with E-state index >= 15 is 0 Å². The van der Waals surface area contributed by atoms with Crippen LogP contribution < -0.4 is 16.0 Å². The molecule has 0 bridgehead atoms. The predicted octanol–water partition coefficient (Wildman–Crippen LogP) is 1.21. The van der Waals surface area contributed by atoms with E-state index in [0.29, 0.717) is 24.5 Å². The number of anilines is 3. The fourth-order valence-electron chi connectivity index (χ4n) is 3.57. The van der Waals surface area contributed by atoms with Crippen LogP contribution in [-0.2, 0) is 4.79 Å². The van der Waals surface area contributed by atoms with E-state index in [-0.39, 0.29) is 5.91 Å². The molecule has 1 aliphatic heterocycles. The number of carbonyl (C=O) groups is 1. The normalized spacial score (nSPS) is 18.4. The van der Waals surface area contributed by atoms with Gasteiger partial charge in [-0.2, -0.15) is 10.1 Å². The maximum absolute atomic E-state index is 11.1. The maximum atomic E-state index is 11.1. The van der Waals surface area contributed by atoms with Gasteiger partial charge in [0, 0.05) is 50.1 Å². The van der Waals surface area contributed by atoms with Gasteiger partial charge in [0.2, 0.25) is 11.9 Å². The molecule has 2 aromatic rings. The van der Waals surface area contributed by atoms with E-state index in [0.717, 1.165) is 37.6 Å². The van der Waals surface area contributed by atoms with Crippen LogP contribution >= 0.6 is 0 Å². The molecule has 0 spiro atoms. The highest BCUT2D eigenvalue weighted by molar-refractivity contribution is 5.75. The van der Waals surface area contributed by atoms with Crippen molar-refractivity contribution in [3.05, 3.63) is 24.0 Å². The van der Waals surface area contributed by atoms with E-state index in [2.05, 4.69) is 41.3 Å². The summed E-state index contributed by atoms with van der Waals surface area (Å²) in [6.45, 7) is 2.04. The molecule has 9 nitrogen and oxygen atoms in total. The number of likely N-dealkylation sites (tertiary alicyclic amines) is 1. The Balaban J connectivity index is 1.37. The lowest BCUT2D eigenvalue weighted by Gasteiger charge is -2.36. The standard InChI is InChI=1S/C18H26N8O/c1-25(13-5-8-26(9-6-13)11-15(19)27)18-20-7-4-16(22-18)21-17-10-14(23-24-17)12-2-3-12/h4,7,10,12-13H,2-3,5-6,8-9,11H2,1H3,(H2,19,27)(H2,20,21,22,23,24). The number of rotatable bonds is 7. The van der Waals surface area contributed by atoms with Crippen molar-refractivity contribution >= 4 is 23.5 Å². The molecule has 2 aliphatic rings. The van der Waals surface area contributed by atoms with Crippen LogP contribution in [0.1, 0.15) is 37.3 Å². The zero-order chi connectivity index (χ0) is 18.8. The van der Waals surface area contributed by atoms with Crippen LogP contribution in [0.2, 0.25) is 0 Å². The van der Waals surface area contributed by atoms with E-state index < -0.39 is 0 Å². The van der Waals surface area contributed by atoms with E-state index in [1.165, 1.54) is 18.5 Å². The van der Waals surface area contributed by atoms with Gasteiger partial charge < -0.3 is 16.0 Å². The monoisotopic (exact) mass is 370 g/mol. The molecule has 4 rings (SSSR count). The van der Waals surface area contributed by atoms with Gasteiger partial charge in [0.1, 0.15) is 5.82 Å². The molecule has 0 aromatic carbocycles. The first kappa shape index (κ1) is 17.7. The number of hydrogen-bond donors (Lipinski definition) is 3. The molecule has 0 radical (unpaired) electrons. The number of primary amides is 1. The molecular weight excluding hydrogens is 344 g/mol. The zero-order valence-electron chi connectivity index (χ0n) is 15.6. The molecule has 4 N–H and O–H groups in total. The number of H-pyrrole nitrogens is 1. The number of aromatic nitrogens is 4. The molecular formula is C18H26N8O. The third-order valence-corrected chi connectivity index (χ3v) is 5.31. The van der Waals surface area contributed by atoms with E-state index in [9.17, 15) is 4.79 Å². The number of piperidine rings is 1. The molecule has 2 aromatic heterocycles. The summed E-state index contributed by atoms with van der Waals surface area (Å²) >= 11 is 0. The van der Waals surface area contributed by atoms with Gasteiger partial charge in [-0.05, 0) is 31.7 Å². The smallest absolute Gasteiger partial charge is 0.231 e. The lowest BCUT2D eigenvalue weighted by molar-refractivity contribution is -0.119. The average molecular weight is 370 g/mol. The lowest BCUT2D eigenvalue weighted by Crippen LogP contribution is -2.46. The topological polar surface area (TPSA) is 116 Å². The maximum Gasteiger partial charge on any atom is 0.231 e. The minimum absolute atomic E-state index is 0.271. The molecule has 1 saturated heterocycles. The SMILES string of the molecule is CN(c1nccc(Nc2cc(C3CC3)[nH]n2)n1)C1CCN(CC(N)=O)CC1. The van der Waals surface area contributed by atoms with Gasteiger partial charge in [0.25, 0.3) is 0 Å². The first-order valence-electron chi connectivity index (χ1n) is 9.47. The van der Waals surface area contributed by atoms with Crippen LogP contribution in [0.4, 0.5) is 17.6 Å². The second-order valence-corrected chi connectivity index (χ2v) is 7.43. The van der Waals surface area contributed by atoms with Crippen molar-refractivity contribution in [3.8, 4) is 0 Å². The zero-order valence-corrected chi connectivity index (χ0v) is 15.6. The number of aromatic amines is 1. The van der Waals surface area contributed by atoms with E-state index in [1.807, 2.05) is 13.1 Å². The summed E-state index contributed by atoms with van der Waals surface area (Å²) < 4.78 is 0. The highest BCUT2D eigenvalue weighted by Crippen LogP contribution is 2.39. The van der Waals surface area contributed by atoms with Crippen molar-refractivity contribution in [1.82, 2.24) is 25.1 Å². The Morgan fingerprint density at radius 3 is 2.81 bits per heavy atom. The fourth-order valence-corrected chi connectivity index (χ4v) is 3.57. The van der Waals surface area contributed by atoms with Crippen LogP contribution in [0.25, 0.3) is 0 Å². The Morgan fingerprint density at radius 1 is 1.33 bits per heavy atom. The second kappa shape index (κ2) is 7.51.